The Kier molecular flexibility index (Phi) is 3.35. The van der Waals surface area contributed by atoms with E-state index in [9.17, 15) is 4.79 Å². The Morgan fingerprint density at radius 2 is 2.25 bits per heavy atom. The molecule has 24 heavy (non-hydrogen) atoms. The molecule has 1 aliphatic heterocycles. The molecule has 0 aromatic carbocycles. The third-order valence-corrected chi connectivity index (χ3v) is 4.02. The van der Waals surface area contributed by atoms with Gasteiger partial charge in [-0.05, 0) is 24.6 Å². The lowest BCUT2D eigenvalue weighted by atomic mass is 10.1. The maximum Gasteiger partial charge on any atom is 0.239 e. The fourth-order valence-electron chi connectivity index (χ4n) is 2.97. The summed E-state index contributed by atoms with van der Waals surface area (Å²) in [6, 6.07) is 7.47. The van der Waals surface area contributed by atoms with E-state index in [0.717, 1.165) is 35.4 Å². The summed E-state index contributed by atoms with van der Waals surface area (Å²) in [5, 5.41) is 15.5. The van der Waals surface area contributed by atoms with Crippen molar-refractivity contribution in [2.45, 2.75) is 12.8 Å². The highest BCUT2D eigenvalue weighted by atomic mass is 16.1. The second kappa shape index (κ2) is 5.66. The van der Waals surface area contributed by atoms with Gasteiger partial charge in [-0.25, -0.2) is 9.97 Å². The molecule has 0 unspecified atom stereocenters. The van der Waals surface area contributed by atoms with Gasteiger partial charge in [-0.2, -0.15) is 5.26 Å². The predicted molar refractivity (Wildman–Crippen MR) is 89.9 cm³/mol. The monoisotopic (exact) mass is 318 g/mol. The molecule has 1 aliphatic rings. The van der Waals surface area contributed by atoms with Crippen molar-refractivity contribution in [3.8, 4) is 11.8 Å². The van der Waals surface area contributed by atoms with Crippen molar-refractivity contribution in [1.82, 2.24) is 14.5 Å². The van der Waals surface area contributed by atoms with Gasteiger partial charge in [0.2, 0.25) is 5.91 Å². The fourth-order valence-corrected chi connectivity index (χ4v) is 2.97. The third-order valence-electron chi connectivity index (χ3n) is 4.02. The average molecular weight is 318 g/mol. The zero-order valence-electron chi connectivity index (χ0n) is 12.8. The first-order valence-corrected chi connectivity index (χ1v) is 7.62. The van der Waals surface area contributed by atoms with Gasteiger partial charge in [-0.3, -0.25) is 4.79 Å². The number of carbonyl (C=O) groups is 1. The summed E-state index contributed by atoms with van der Waals surface area (Å²) in [6.07, 6.45) is 6.33. The lowest BCUT2D eigenvalue weighted by Crippen LogP contribution is -2.11. The smallest absolute Gasteiger partial charge is 0.239 e. The Hall–Kier alpha value is -3.40. The first-order valence-electron chi connectivity index (χ1n) is 7.62. The van der Waals surface area contributed by atoms with Gasteiger partial charge >= 0.3 is 0 Å². The van der Waals surface area contributed by atoms with Crippen molar-refractivity contribution in [1.29, 1.82) is 5.26 Å². The van der Waals surface area contributed by atoms with Crippen LogP contribution in [0.4, 0.5) is 11.6 Å². The Bertz CT molecular complexity index is 967. The summed E-state index contributed by atoms with van der Waals surface area (Å²) in [4.78, 5) is 20.1. The van der Waals surface area contributed by atoms with Crippen LogP contribution >= 0.6 is 0 Å². The van der Waals surface area contributed by atoms with Crippen LogP contribution in [0.1, 0.15) is 12.0 Å². The van der Waals surface area contributed by atoms with Crippen molar-refractivity contribution in [3.63, 3.8) is 0 Å². The van der Waals surface area contributed by atoms with Gasteiger partial charge in [-0.1, -0.05) is 0 Å². The number of nitriles is 1. The first kappa shape index (κ1) is 14.2. The minimum absolute atomic E-state index is 0.183. The van der Waals surface area contributed by atoms with Gasteiger partial charge in [0, 0.05) is 29.9 Å². The van der Waals surface area contributed by atoms with Crippen LogP contribution < -0.4 is 10.6 Å². The molecule has 0 saturated heterocycles. The minimum Gasteiger partial charge on any atom is -0.369 e. The topological polar surface area (TPSA) is 95.6 Å². The van der Waals surface area contributed by atoms with Crippen molar-refractivity contribution in [2.75, 3.05) is 17.2 Å². The number of hydrogen-bond acceptors (Lipinski definition) is 5. The standard InChI is InChI=1S/C17H14N6O/c18-6-3-15(24)22-14-2-1-12(10-20-14)23-8-5-11-9-21-17-13(16(11)23)4-7-19-17/h1-2,5,8-10H,3-4,7H2,(H,19,21)(H,20,22,24). The Balaban J connectivity index is 1.70. The number of nitrogens with one attached hydrogen (secondary N) is 2. The van der Waals surface area contributed by atoms with Gasteiger partial charge in [0.1, 0.15) is 18.1 Å². The van der Waals surface area contributed by atoms with E-state index in [1.54, 1.807) is 12.3 Å². The van der Waals surface area contributed by atoms with E-state index in [2.05, 4.69) is 25.2 Å². The molecule has 0 radical (unpaired) electrons. The molecule has 0 fully saturated rings. The van der Waals surface area contributed by atoms with E-state index in [1.165, 1.54) is 5.56 Å². The molecule has 118 valence electrons. The second-order valence-corrected chi connectivity index (χ2v) is 5.54. The SMILES string of the molecule is N#CCC(=O)Nc1ccc(-n2ccc3cnc4c(c32)CCN4)cn1. The molecule has 2 N–H and O–H groups in total. The van der Waals surface area contributed by atoms with Crippen LogP contribution in [0.5, 0.6) is 0 Å². The Morgan fingerprint density at radius 1 is 1.33 bits per heavy atom. The largest absolute Gasteiger partial charge is 0.369 e. The van der Waals surface area contributed by atoms with E-state index in [0.29, 0.717) is 5.82 Å². The van der Waals surface area contributed by atoms with E-state index in [-0.39, 0.29) is 12.3 Å². The molecule has 7 nitrogen and oxygen atoms in total. The van der Waals surface area contributed by atoms with Gasteiger partial charge in [0.05, 0.1) is 23.5 Å². The number of aromatic nitrogens is 3. The molecule has 0 bridgehead atoms. The molecule has 4 heterocycles. The Labute approximate surface area is 138 Å². The van der Waals surface area contributed by atoms with Crippen LogP contribution in [0.25, 0.3) is 16.6 Å². The van der Waals surface area contributed by atoms with E-state index in [1.807, 2.05) is 30.6 Å². The minimum atomic E-state index is -0.362. The van der Waals surface area contributed by atoms with E-state index < -0.39 is 0 Å². The molecule has 4 rings (SSSR count). The number of hydrogen-bond donors (Lipinski definition) is 2. The molecule has 0 spiro atoms. The normalized spacial score (nSPS) is 12.5. The quantitative estimate of drug-likeness (QED) is 0.772. The zero-order chi connectivity index (χ0) is 16.5. The summed E-state index contributed by atoms with van der Waals surface area (Å²) >= 11 is 0. The third kappa shape index (κ3) is 2.34. The molecule has 0 aliphatic carbocycles. The van der Waals surface area contributed by atoms with Crippen LogP contribution in [-0.4, -0.2) is 27.0 Å². The number of anilines is 2. The number of carbonyl (C=O) groups excluding carboxylic acids is 1. The predicted octanol–water partition coefficient (Wildman–Crippen LogP) is 2.24. The molecule has 3 aromatic heterocycles. The zero-order valence-corrected chi connectivity index (χ0v) is 12.8. The molecule has 0 atom stereocenters. The number of fused-ring (bicyclic) bond motifs is 3. The molecule has 7 heteroatoms. The van der Waals surface area contributed by atoms with Crippen molar-refractivity contribution < 1.29 is 4.79 Å². The fraction of sp³-hybridized carbons (Fsp3) is 0.176. The van der Waals surface area contributed by atoms with Gasteiger partial charge < -0.3 is 15.2 Å². The summed E-state index contributed by atoms with van der Waals surface area (Å²) < 4.78 is 2.08. The first-order chi connectivity index (χ1) is 11.8. The van der Waals surface area contributed by atoms with Crippen LogP contribution in [0.3, 0.4) is 0 Å². The van der Waals surface area contributed by atoms with Gasteiger partial charge in [-0.15, -0.1) is 0 Å². The lowest BCUT2D eigenvalue weighted by Gasteiger charge is -2.09. The molecule has 1 amide bonds. The van der Waals surface area contributed by atoms with Crippen LogP contribution in [0, 0.1) is 11.3 Å². The number of rotatable bonds is 3. The van der Waals surface area contributed by atoms with Crippen LogP contribution in [0.2, 0.25) is 0 Å². The molecule has 0 saturated carbocycles. The van der Waals surface area contributed by atoms with Crippen molar-refractivity contribution in [2.24, 2.45) is 0 Å². The van der Waals surface area contributed by atoms with E-state index >= 15 is 0 Å². The highest BCUT2D eigenvalue weighted by molar-refractivity contribution is 5.91. The summed E-state index contributed by atoms with van der Waals surface area (Å²) in [7, 11) is 0. The van der Waals surface area contributed by atoms with Crippen LogP contribution in [-0.2, 0) is 11.2 Å². The average Bonchev–Trinajstić information content (AvgIpc) is 3.21. The highest BCUT2D eigenvalue weighted by Gasteiger charge is 2.18. The molecular weight excluding hydrogens is 304 g/mol. The summed E-state index contributed by atoms with van der Waals surface area (Å²) in [5.74, 6) is 1.01. The van der Waals surface area contributed by atoms with Gasteiger partial charge in [0.25, 0.3) is 0 Å². The van der Waals surface area contributed by atoms with Crippen molar-refractivity contribution >= 4 is 28.4 Å². The van der Waals surface area contributed by atoms with Crippen molar-refractivity contribution in [3.05, 3.63) is 42.4 Å². The lowest BCUT2D eigenvalue weighted by molar-refractivity contribution is -0.115. The number of nitrogens with zero attached hydrogens (tertiary/aromatic N) is 4. The second-order valence-electron chi connectivity index (χ2n) is 5.54. The number of amides is 1. The van der Waals surface area contributed by atoms with E-state index in [4.69, 9.17) is 5.26 Å². The van der Waals surface area contributed by atoms with Gasteiger partial charge in [0.15, 0.2) is 0 Å². The highest BCUT2D eigenvalue weighted by Crippen LogP contribution is 2.30. The molecular formula is C17H14N6O. The number of pyridine rings is 2. The summed E-state index contributed by atoms with van der Waals surface area (Å²) in [5.41, 5.74) is 3.25. The Morgan fingerprint density at radius 3 is 3.04 bits per heavy atom. The van der Waals surface area contributed by atoms with Crippen LogP contribution in [0.15, 0.2) is 36.8 Å². The maximum absolute atomic E-state index is 11.4. The maximum atomic E-state index is 11.4. The summed E-state index contributed by atoms with van der Waals surface area (Å²) in [6.45, 7) is 0.898. The molecule has 3 aromatic rings.